The average Bonchev–Trinajstić information content (AvgIpc) is 2.16. The van der Waals surface area contributed by atoms with Gasteiger partial charge < -0.3 is 0 Å². The molecule has 0 aliphatic heterocycles. The number of azide groups is 1. The van der Waals surface area contributed by atoms with Gasteiger partial charge in [-0.2, -0.15) is 13.2 Å². The number of alkyl halides is 3. The first-order valence-corrected chi connectivity index (χ1v) is 3.88. The summed E-state index contributed by atoms with van der Waals surface area (Å²) in [5, 5.41) is 2.99. The van der Waals surface area contributed by atoms with Crippen LogP contribution < -0.4 is 0 Å². The number of benzene rings is 1. The van der Waals surface area contributed by atoms with Gasteiger partial charge in [0.1, 0.15) is 0 Å². The highest BCUT2D eigenvalue weighted by atomic mass is 19.4. The second-order valence-electron chi connectivity index (χ2n) is 2.63. The lowest BCUT2D eigenvalue weighted by molar-refractivity contribution is -0.137. The third-order valence-corrected chi connectivity index (χ3v) is 1.73. The van der Waals surface area contributed by atoms with Crippen molar-refractivity contribution in [3.8, 4) is 0 Å². The molecule has 0 fully saturated rings. The second-order valence-corrected chi connectivity index (χ2v) is 2.63. The summed E-state index contributed by atoms with van der Waals surface area (Å²) in [5.74, 6) is 0. The predicted molar refractivity (Wildman–Crippen MR) is 50.3 cm³/mol. The predicted octanol–water partition coefficient (Wildman–Crippen LogP) is 4.29. The van der Waals surface area contributed by atoms with Crippen molar-refractivity contribution in [1.82, 2.24) is 0 Å². The van der Waals surface area contributed by atoms with Gasteiger partial charge in [-0.1, -0.05) is 36.0 Å². The fraction of sp³-hybridized carbons (Fsp3) is 0.111. The lowest BCUT2D eigenvalue weighted by Gasteiger charge is -2.12. The standard InChI is InChI=1S/C9H6F3N3/c1-2-6-4-3-5-7(14-15-13)8(6)9(10,11)12/h2-5H,1H2. The van der Waals surface area contributed by atoms with Crippen molar-refractivity contribution < 1.29 is 13.2 Å². The molecule has 0 amide bonds. The molecule has 0 N–H and O–H groups in total. The molecule has 0 bridgehead atoms. The highest BCUT2D eigenvalue weighted by Gasteiger charge is 2.35. The third kappa shape index (κ3) is 2.30. The molecule has 0 saturated heterocycles. The van der Waals surface area contributed by atoms with Crippen molar-refractivity contribution in [2.45, 2.75) is 6.18 Å². The van der Waals surface area contributed by atoms with Crippen LogP contribution in [-0.4, -0.2) is 0 Å². The highest BCUT2D eigenvalue weighted by molar-refractivity contribution is 5.62. The number of hydrogen-bond donors (Lipinski definition) is 0. The largest absolute Gasteiger partial charge is 0.417 e. The van der Waals surface area contributed by atoms with Gasteiger partial charge in [0.2, 0.25) is 0 Å². The Labute approximate surface area is 83.5 Å². The van der Waals surface area contributed by atoms with Gasteiger partial charge in [-0.25, -0.2) is 0 Å². The van der Waals surface area contributed by atoms with Crippen LogP contribution in [0.3, 0.4) is 0 Å². The molecule has 1 aromatic carbocycles. The topological polar surface area (TPSA) is 48.8 Å². The highest BCUT2D eigenvalue weighted by Crippen LogP contribution is 2.39. The first-order valence-electron chi connectivity index (χ1n) is 3.88. The molecule has 1 aromatic rings. The van der Waals surface area contributed by atoms with E-state index in [4.69, 9.17) is 5.53 Å². The molecule has 0 unspecified atom stereocenters. The molecule has 0 aliphatic carbocycles. The molecule has 0 radical (unpaired) electrons. The summed E-state index contributed by atoms with van der Waals surface area (Å²) >= 11 is 0. The molecule has 0 spiro atoms. The van der Waals surface area contributed by atoms with E-state index >= 15 is 0 Å². The Bertz CT molecular complexity index is 431. The van der Waals surface area contributed by atoms with Gasteiger partial charge in [0.05, 0.1) is 11.3 Å². The van der Waals surface area contributed by atoms with E-state index in [-0.39, 0.29) is 5.56 Å². The van der Waals surface area contributed by atoms with Gasteiger partial charge in [-0.05, 0) is 11.1 Å². The van der Waals surface area contributed by atoms with Gasteiger partial charge in [0.25, 0.3) is 0 Å². The lowest BCUT2D eigenvalue weighted by atomic mass is 10.1. The summed E-state index contributed by atoms with van der Waals surface area (Å²) in [6.07, 6.45) is -3.49. The summed E-state index contributed by atoms with van der Waals surface area (Å²) in [6.45, 7) is 3.27. The number of nitrogens with zero attached hydrogens (tertiary/aromatic N) is 3. The quantitative estimate of drug-likeness (QED) is 0.399. The summed E-state index contributed by atoms with van der Waals surface area (Å²) < 4.78 is 37.8. The van der Waals surface area contributed by atoms with Gasteiger partial charge in [0.15, 0.2) is 0 Å². The van der Waals surface area contributed by atoms with Crippen LogP contribution in [-0.2, 0) is 6.18 Å². The maximum Gasteiger partial charge on any atom is 0.417 e. The Morgan fingerprint density at radius 2 is 2.07 bits per heavy atom. The van der Waals surface area contributed by atoms with Gasteiger partial charge in [0, 0.05) is 4.91 Å². The van der Waals surface area contributed by atoms with E-state index in [0.29, 0.717) is 0 Å². The van der Waals surface area contributed by atoms with E-state index in [2.05, 4.69) is 16.6 Å². The van der Waals surface area contributed by atoms with Crippen LogP contribution in [0.4, 0.5) is 18.9 Å². The molecular weight excluding hydrogens is 207 g/mol. The zero-order valence-corrected chi connectivity index (χ0v) is 7.49. The fourth-order valence-electron chi connectivity index (χ4n) is 1.17. The number of rotatable bonds is 2. The van der Waals surface area contributed by atoms with Gasteiger partial charge in [-0.3, -0.25) is 0 Å². The molecule has 0 aromatic heterocycles. The first kappa shape index (κ1) is 11.1. The minimum Gasteiger partial charge on any atom is -0.166 e. The van der Waals surface area contributed by atoms with Crippen LogP contribution in [0.15, 0.2) is 29.9 Å². The summed E-state index contributed by atoms with van der Waals surface area (Å²) in [5.41, 5.74) is 6.63. The fourth-order valence-corrected chi connectivity index (χ4v) is 1.17. The molecule has 15 heavy (non-hydrogen) atoms. The maximum atomic E-state index is 12.6. The van der Waals surface area contributed by atoms with Crippen LogP contribution in [0.1, 0.15) is 11.1 Å². The molecule has 78 valence electrons. The first-order chi connectivity index (χ1) is 7.00. The smallest absolute Gasteiger partial charge is 0.166 e. The van der Waals surface area contributed by atoms with Crippen molar-refractivity contribution >= 4 is 11.8 Å². The minimum absolute atomic E-state index is 0.104. The Morgan fingerprint density at radius 3 is 2.53 bits per heavy atom. The SMILES string of the molecule is C=Cc1cccc(N=[N+]=[N-])c1C(F)(F)F. The summed E-state index contributed by atoms with van der Waals surface area (Å²) in [6, 6.07) is 3.73. The van der Waals surface area contributed by atoms with Crippen LogP contribution in [0.25, 0.3) is 16.5 Å². The van der Waals surface area contributed by atoms with Crippen molar-refractivity contribution in [3.63, 3.8) is 0 Å². The molecule has 3 nitrogen and oxygen atoms in total. The number of hydrogen-bond acceptors (Lipinski definition) is 1. The second kappa shape index (κ2) is 4.06. The molecule has 0 saturated carbocycles. The molecule has 6 heteroatoms. The average molecular weight is 213 g/mol. The minimum atomic E-state index is -4.56. The molecule has 1 rings (SSSR count). The third-order valence-electron chi connectivity index (χ3n) is 1.73. The zero-order chi connectivity index (χ0) is 11.5. The monoisotopic (exact) mass is 213 g/mol. The van der Waals surface area contributed by atoms with Gasteiger partial charge >= 0.3 is 6.18 Å². The van der Waals surface area contributed by atoms with E-state index in [1.807, 2.05) is 0 Å². The maximum absolute atomic E-state index is 12.6. The van der Waals surface area contributed by atoms with E-state index in [9.17, 15) is 13.2 Å². The van der Waals surface area contributed by atoms with Crippen LogP contribution in [0, 0.1) is 0 Å². The van der Waals surface area contributed by atoms with E-state index in [1.165, 1.54) is 12.1 Å². The summed E-state index contributed by atoms with van der Waals surface area (Å²) in [7, 11) is 0. The van der Waals surface area contributed by atoms with Crippen molar-refractivity contribution in [2.75, 3.05) is 0 Å². The van der Waals surface area contributed by atoms with Crippen LogP contribution >= 0.6 is 0 Å². The van der Waals surface area contributed by atoms with Crippen molar-refractivity contribution in [2.24, 2.45) is 5.11 Å². The van der Waals surface area contributed by atoms with Crippen molar-refractivity contribution in [1.29, 1.82) is 0 Å². The Morgan fingerprint density at radius 1 is 1.40 bits per heavy atom. The molecule has 0 atom stereocenters. The number of halogens is 3. The van der Waals surface area contributed by atoms with Crippen LogP contribution in [0.5, 0.6) is 0 Å². The van der Waals surface area contributed by atoms with Crippen molar-refractivity contribution in [3.05, 3.63) is 46.3 Å². The molecular formula is C9H6F3N3. The molecule has 0 aliphatic rings. The Kier molecular flexibility index (Phi) is 3.01. The van der Waals surface area contributed by atoms with E-state index in [0.717, 1.165) is 12.1 Å². The van der Waals surface area contributed by atoms with Gasteiger partial charge in [-0.15, -0.1) is 0 Å². The lowest BCUT2D eigenvalue weighted by Crippen LogP contribution is -2.07. The van der Waals surface area contributed by atoms with E-state index < -0.39 is 17.4 Å². The molecule has 0 heterocycles. The normalized spacial score (nSPS) is 10.6. The summed E-state index contributed by atoms with van der Waals surface area (Å²) in [4.78, 5) is 2.35. The Hall–Kier alpha value is -1.94. The van der Waals surface area contributed by atoms with E-state index in [1.54, 1.807) is 0 Å². The zero-order valence-electron chi connectivity index (χ0n) is 7.49. The van der Waals surface area contributed by atoms with Crippen LogP contribution in [0.2, 0.25) is 0 Å². The Balaban J connectivity index is 3.53.